The maximum Gasteiger partial charge on any atom is 0.221 e. The van der Waals surface area contributed by atoms with Gasteiger partial charge in [-0.3, -0.25) is 4.79 Å². The monoisotopic (exact) mass is 261 g/mol. The van der Waals surface area contributed by atoms with Crippen LogP contribution in [0.4, 0.5) is 0 Å². The van der Waals surface area contributed by atoms with Crippen molar-refractivity contribution in [1.29, 1.82) is 0 Å². The van der Waals surface area contributed by atoms with Gasteiger partial charge in [0.15, 0.2) is 0 Å². The summed E-state index contributed by atoms with van der Waals surface area (Å²) < 4.78 is 26.0. The lowest BCUT2D eigenvalue weighted by Gasteiger charge is -2.11. The number of hydrogen-bond acceptors (Lipinski definition) is 4. The van der Waals surface area contributed by atoms with Crippen LogP contribution in [0.25, 0.3) is 0 Å². The fourth-order valence-corrected chi connectivity index (χ4v) is 3.23. The minimum Gasteiger partial charge on any atom is -0.353 e. The summed E-state index contributed by atoms with van der Waals surface area (Å²) in [5.74, 6) is -0.0697. The first-order valence-corrected chi connectivity index (χ1v) is 7.61. The van der Waals surface area contributed by atoms with Gasteiger partial charge >= 0.3 is 0 Å². The highest BCUT2D eigenvalue weighted by Crippen LogP contribution is 2.18. The van der Waals surface area contributed by atoms with Gasteiger partial charge in [0.05, 0.1) is 5.25 Å². The second kappa shape index (κ2) is 5.32. The SMILES string of the molecule is O=C(CCNS(=O)(=O)C1CCNC1)NC1CC1. The van der Waals surface area contributed by atoms with Crippen LogP contribution in [0.3, 0.4) is 0 Å². The molecule has 2 fully saturated rings. The smallest absolute Gasteiger partial charge is 0.221 e. The van der Waals surface area contributed by atoms with E-state index in [4.69, 9.17) is 0 Å². The minimum absolute atomic E-state index is 0.0697. The number of carbonyl (C=O) groups is 1. The van der Waals surface area contributed by atoms with Crippen molar-refractivity contribution in [2.45, 2.75) is 37.0 Å². The van der Waals surface area contributed by atoms with E-state index in [1.807, 2.05) is 0 Å². The molecule has 0 bridgehead atoms. The van der Waals surface area contributed by atoms with Gasteiger partial charge in [-0.2, -0.15) is 0 Å². The summed E-state index contributed by atoms with van der Waals surface area (Å²) in [6, 6.07) is 0.332. The Labute approximate surface area is 102 Å². The Balaban J connectivity index is 1.67. The standard InChI is InChI=1S/C10H19N3O3S/c14-10(13-8-1-2-8)4-6-12-17(15,16)9-3-5-11-7-9/h8-9,11-12H,1-7H2,(H,13,14). The quantitative estimate of drug-likeness (QED) is 0.568. The summed E-state index contributed by atoms with van der Waals surface area (Å²) in [5.41, 5.74) is 0. The maximum atomic E-state index is 11.8. The molecule has 1 aliphatic heterocycles. The molecule has 6 nitrogen and oxygen atoms in total. The lowest BCUT2D eigenvalue weighted by Crippen LogP contribution is -2.38. The third kappa shape index (κ3) is 3.93. The van der Waals surface area contributed by atoms with E-state index in [1.165, 1.54) is 0 Å². The van der Waals surface area contributed by atoms with E-state index in [0.29, 0.717) is 19.0 Å². The molecule has 98 valence electrons. The molecule has 1 amide bonds. The van der Waals surface area contributed by atoms with Crippen molar-refractivity contribution in [3.8, 4) is 0 Å². The topological polar surface area (TPSA) is 87.3 Å². The highest BCUT2D eigenvalue weighted by atomic mass is 32.2. The average molecular weight is 261 g/mol. The molecule has 17 heavy (non-hydrogen) atoms. The van der Waals surface area contributed by atoms with Crippen molar-refractivity contribution in [2.75, 3.05) is 19.6 Å². The van der Waals surface area contributed by atoms with Crippen molar-refractivity contribution < 1.29 is 13.2 Å². The second-order valence-electron chi connectivity index (χ2n) is 4.65. The van der Waals surface area contributed by atoms with Crippen LogP contribution in [-0.2, 0) is 14.8 Å². The second-order valence-corrected chi connectivity index (χ2v) is 6.69. The molecule has 2 aliphatic rings. The first-order valence-electron chi connectivity index (χ1n) is 6.06. The first-order chi connectivity index (χ1) is 8.08. The Morgan fingerprint density at radius 3 is 2.65 bits per heavy atom. The van der Waals surface area contributed by atoms with E-state index in [9.17, 15) is 13.2 Å². The predicted molar refractivity (Wildman–Crippen MR) is 64.0 cm³/mol. The summed E-state index contributed by atoms with van der Waals surface area (Å²) in [6.45, 7) is 1.44. The highest BCUT2D eigenvalue weighted by molar-refractivity contribution is 7.90. The fourth-order valence-electron chi connectivity index (χ4n) is 1.85. The Morgan fingerprint density at radius 1 is 1.29 bits per heavy atom. The molecule has 2 rings (SSSR count). The normalized spacial score (nSPS) is 24.8. The molecular formula is C10H19N3O3S. The molecule has 1 aliphatic carbocycles. The predicted octanol–water partition coefficient (Wildman–Crippen LogP) is -1.06. The van der Waals surface area contributed by atoms with Gasteiger partial charge in [0.25, 0.3) is 0 Å². The van der Waals surface area contributed by atoms with E-state index in [0.717, 1.165) is 19.4 Å². The van der Waals surface area contributed by atoms with Crippen LogP contribution in [0.15, 0.2) is 0 Å². The van der Waals surface area contributed by atoms with Crippen LogP contribution in [0.5, 0.6) is 0 Å². The zero-order chi connectivity index (χ0) is 12.3. The Bertz CT molecular complexity index is 372. The van der Waals surface area contributed by atoms with E-state index in [1.54, 1.807) is 0 Å². The number of nitrogens with one attached hydrogen (secondary N) is 3. The van der Waals surface area contributed by atoms with E-state index >= 15 is 0 Å². The van der Waals surface area contributed by atoms with Crippen LogP contribution in [0, 0.1) is 0 Å². The van der Waals surface area contributed by atoms with Crippen LogP contribution < -0.4 is 15.4 Å². The van der Waals surface area contributed by atoms with Crippen molar-refractivity contribution >= 4 is 15.9 Å². The average Bonchev–Trinajstić information content (AvgIpc) is 2.89. The van der Waals surface area contributed by atoms with E-state index < -0.39 is 10.0 Å². The first kappa shape index (κ1) is 12.8. The Kier molecular flexibility index (Phi) is 4.01. The Hall–Kier alpha value is -0.660. The van der Waals surface area contributed by atoms with Crippen LogP contribution in [0.1, 0.15) is 25.7 Å². The molecule has 1 unspecified atom stereocenters. The molecule has 0 aromatic carbocycles. The number of sulfonamides is 1. The molecule has 1 saturated heterocycles. The van der Waals surface area contributed by atoms with Gasteiger partial charge in [0, 0.05) is 25.6 Å². The molecule has 1 heterocycles. The summed E-state index contributed by atoms with van der Waals surface area (Å²) in [5, 5.41) is 5.48. The van der Waals surface area contributed by atoms with E-state index in [2.05, 4.69) is 15.4 Å². The number of hydrogen-bond donors (Lipinski definition) is 3. The summed E-state index contributed by atoms with van der Waals surface area (Å²) in [7, 11) is -3.26. The van der Waals surface area contributed by atoms with E-state index in [-0.39, 0.29) is 24.1 Å². The van der Waals surface area contributed by atoms with Gasteiger partial charge < -0.3 is 10.6 Å². The fraction of sp³-hybridized carbons (Fsp3) is 0.900. The van der Waals surface area contributed by atoms with Crippen molar-refractivity contribution in [1.82, 2.24) is 15.4 Å². The Morgan fingerprint density at radius 2 is 2.06 bits per heavy atom. The lowest BCUT2D eigenvalue weighted by atomic mass is 10.4. The summed E-state index contributed by atoms with van der Waals surface area (Å²) in [4.78, 5) is 11.3. The summed E-state index contributed by atoms with van der Waals surface area (Å²) >= 11 is 0. The molecule has 1 atom stereocenters. The molecule has 3 N–H and O–H groups in total. The van der Waals surface area contributed by atoms with Crippen molar-refractivity contribution in [3.63, 3.8) is 0 Å². The molecule has 1 saturated carbocycles. The molecule has 0 aromatic heterocycles. The molecule has 7 heteroatoms. The zero-order valence-corrected chi connectivity index (χ0v) is 10.6. The zero-order valence-electron chi connectivity index (χ0n) is 9.74. The minimum atomic E-state index is -3.26. The molecule has 0 spiro atoms. The van der Waals surface area contributed by atoms with Crippen LogP contribution in [-0.4, -0.2) is 45.3 Å². The maximum absolute atomic E-state index is 11.8. The van der Waals surface area contributed by atoms with Gasteiger partial charge in [-0.15, -0.1) is 0 Å². The highest BCUT2D eigenvalue weighted by Gasteiger charge is 2.28. The van der Waals surface area contributed by atoms with Gasteiger partial charge in [-0.1, -0.05) is 0 Å². The number of rotatable bonds is 6. The van der Waals surface area contributed by atoms with Gasteiger partial charge in [-0.25, -0.2) is 13.1 Å². The molecule has 0 radical (unpaired) electrons. The number of amides is 1. The number of carbonyl (C=O) groups excluding carboxylic acids is 1. The third-order valence-corrected chi connectivity index (χ3v) is 4.94. The van der Waals surface area contributed by atoms with Gasteiger partial charge in [-0.05, 0) is 25.8 Å². The van der Waals surface area contributed by atoms with Crippen molar-refractivity contribution in [2.24, 2.45) is 0 Å². The van der Waals surface area contributed by atoms with Gasteiger partial charge in [0.1, 0.15) is 0 Å². The largest absolute Gasteiger partial charge is 0.353 e. The van der Waals surface area contributed by atoms with Crippen LogP contribution in [0.2, 0.25) is 0 Å². The molecular weight excluding hydrogens is 242 g/mol. The van der Waals surface area contributed by atoms with Crippen LogP contribution >= 0.6 is 0 Å². The van der Waals surface area contributed by atoms with Gasteiger partial charge in [0.2, 0.25) is 15.9 Å². The van der Waals surface area contributed by atoms with Crippen molar-refractivity contribution in [3.05, 3.63) is 0 Å². The lowest BCUT2D eigenvalue weighted by molar-refractivity contribution is -0.121. The third-order valence-electron chi connectivity index (χ3n) is 3.05. The summed E-state index contributed by atoms with van der Waals surface area (Å²) in [6.07, 6.45) is 2.95. The molecule has 0 aromatic rings.